The van der Waals surface area contributed by atoms with Crippen LogP contribution in [0.1, 0.15) is 18.9 Å². The maximum atomic E-state index is 5.58. The molecule has 0 spiro atoms. The third kappa shape index (κ3) is 10.9. The molecular formula is C17H25F5OS. The van der Waals surface area contributed by atoms with E-state index < -0.39 is 0 Å². The molecule has 2 aromatic rings. The van der Waals surface area contributed by atoms with E-state index in [2.05, 4.69) is 61.5 Å². The van der Waals surface area contributed by atoms with Crippen molar-refractivity contribution in [2.45, 2.75) is 24.7 Å². The Morgan fingerprint density at radius 1 is 0.792 bits per heavy atom. The summed E-state index contributed by atoms with van der Waals surface area (Å²) in [4.78, 5) is 1.34. The zero-order valence-electron chi connectivity index (χ0n) is 13.4. The molecule has 2 rings (SSSR count). The summed E-state index contributed by atoms with van der Waals surface area (Å²) in [6.07, 6.45) is 2.14. The van der Waals surface area contributed by atoms with Gasteiger partial charge >= 0.3 is 0 Å². The molecule has 0 unspecified atom stereocenters. The van der Waals surface area contributed by atoms with Gasteiger partial charge in [-0.3, -0.25) is 23.5 Å². The lowest BCUT2D eigenvalue weighted by molar-refractivity contribution is 0.317. The molecule has 0 saturated carbocycles. The standard InChI is InChI=1S/C17H20OS.5FH/c1-2-13-18-16-10-8-15(9-11-16)12-14-19-17-6-4-3-5-7-17;;;;;/h3-11H,2,12-14H2,1H3;5*1H. The van der Waals surface area contributed by atoms with Crippen LogP contribution in [-0.4, -0.2) is 12.4 Å². The van der Waals surface area contributed by atoms with Gasteiger partial charge in [0.05, 0.1) is 6.61 Å². The van der Waals surface area contributed by atoms with E-state index in [0.29, 0.717) is 0 Å². The predicted molar refractivity (Wildman–Crippen MR) is 95.6 cm³/mol. The number of halogens is 5. The van der Waals surface area contributed by atoms with E-state index >= 15 is 0 Å². The van der Waals surface area contributed by atoms with Gasteiger partial charge < -0.3 is 4.74 Å². The monoisotopic (exact) mass is 372 g/mol. The Morgan fingerprint density at radius 2 is 1.38 bits per heavy atom. The summed E-state index contributed by atoms with van der Waals surface area (Å²) in [7, 11) is 0. The summed E-state index contributed by atoms with van der Waals surface area (Å²) in [6, 6.07) is 19.0. The zero-order chi connectivity index (χ0) is 13.3. The van der Waals surface area contributed by atoms with Crippen LogP contribution in [0, 0.1) is 0 Å². The third-order valence-corrected chi connectivity index (χ3v) is 3.81. The molecule has 0 saturated heterocycles. The van der Waals surface area contributed by atoms with Gasteiger partial charge in [-0.15, -0.1) is 11.8 Å². The first kappa shape index (κ1) is 30.2. The van der Waals surface area contributed by atoms with Crippen molar-refractivity contribution in [3.05, 3.63) is 60.2 Å². The summed E-state index contributed by atoms with van der Waals surface area (Å²) < 4.78 is 5.58. The lowest BCUT2D eigenvalue weighted by Gasteiger charge is -2.06. The summed E-state index contributed by atoms with van der Waals surface area (Å²) in [5.74, 6) is 2.08. The molecule has 0 amide bonds. The highest BCUT2D eigenvalue weighted by molar-refractivity contribution is 7.99. The van der Waals surface area contributed by atoms with Crippen molar-refractivity contribution in [3.63, 3.8) is 0 Å². The molecule has 1 nitrogen and oxygen atoms in total. The van der Waals surface area contributed by atoms with E-state index in [0.717, 1.165) is 31.0 Å². The van der Waals surface area contributed by atoms with Gasteiger partial charge in [-0.1, -0.05) is 37.3 Å². The van der Waals surface area contributed by atoms with Crippen LogP contribution in [0.4, 0.5) is 23.5 Å². The Labute approximate surface area is 143 Å². The van der Waals surface area contributed by atoms with Gasteiger partial charge in [0.2, 0.25) is 0 Å². The van der Waals surface area contributed by atoms with Crippen LogP contribution in [0.15, 0.2) is 59.5 Å². The number of thioether (sulfide) groups is 1. The molecule has 0 N–H and O–H groups in total. The van der Waals surface area contributed by atoms with Crippen molar-refractivity contribution in [2.24, 2.45) is 0 Å². The Hall–Kier alpha value is -1.76. The number of rotatable bonds is 7. The summed E-state index contributed by atoms with van der Waals surface area (Å²) in [5.41, 5.74) is 1.37. The molecule has 0 radical (unpaired) electrons. The molecule has 0 atom stereocenters. The van der Waals surface area contributed by atoms with Gasteiger partial charge in [0.1, 0.15) is 5.75 Å². The van der Waals surface area contributed by atoms with Crippen molar-refractivity contribution < 1.29 is 28.3 Å². The van der Waals surface area contributed by atoms with Crippen LogP contribution in [0.5, 0.6) is 5.75 Å². The highest BCUT2D eigenvalue weighted by atomic mass is 32.2. The number of ether oxygens (including phenoxy) is 1. The summed E-state index contributed by atoms with van der Waals surface area (Å²) >= 11 is 1.90. The van der Waals surface area contributed by atoms with Crippen LogP contribution in [0.2, 0.25) is 0 Å². The van der Waals surface area contributed by atoms with Crippen molar-refractivity contribution in [2.75, 3.05) is 12.4 Å². The fourth-order valence-corrected chi connectivity index (χ4v) is 2.70. The van der Waals surface area contributed by atoms with Crippen molar-refractivity contribution in [1.82, 2.24) is 0 Å². The van der Waals surface area contributed by atoms with Gasteiger partial charge in [-0.2, -0.15) is 0 Å². The number of hydrogen-bond donors (Lipinski definition) is 0. The fraction of sp³-hybridized carbons (Fsp3) is 0.294. The Bertz CT molecular complexity index is 482. The first-order valence-corrected chi connectivity index (χ1v) is 7.76. The molecule has 0 heterocycles. The maximum Gasteiger partial charge on any atom is 0.119 e. The van der Waals surface area contributed by atoms with E-state index in [1.165, 1.54) is 10.5 Å². The van der Waals surface area contributed by atoms with Crippen LogP contribution in [-0.2, 0) is 6.42 Å². The molecule has 0 aliphatic carbocycles. The van der Waals surface area contributed by atoms with E-state index in [1.54, 1.807) is 0 Å². The molecule has 140 valence electrons. The number of benzene rings is 2. The maximum absolute atomic E-state index is 5.58. The van der Waals surface area contributed by atoms with E-state index in [-0.39, 0.29) is 23.5 Å². The van der Waals surface area contributed by atoms with Crippen LogP contribution in [0.3, 0.4) is 0 Å². The van der Waals surface area contributed by atoms with Crippen LogP contribution in [0.25, 0.3) is 0 Å². The van der Waals surface area contributed by atoms with E-state index in [1.807, 2.05) is 11.8 Å². The highest BCUT2D eigenvalue weighted by Crippen LogP contribution is 2.19. The van der Waals surface area contributed by atoms with Gasteiger partial charge in [0.25, 0.3) is 0 Å². The van der Waals surface area contributed by atoms with Crippen molar-refractivity contribution >= 4 is 11.8 Å². The average molecular weight is 372 g/mol. The number of aryl methyl sites for hydroxylation is 1. The second-order valence-corrected chi connectivity index (χ2v) is 5.57. The lowest BCUT2D eigenvalue weighted by Crippen LogP contribution is -1.95. The minimum atomic E-state index is 0. The van der Waals surface area contributed by atoms with Crippen LogP contribution < -0.4 is 4.74 Å². The lowest BCUT2D eigenvalue weighted by atomic mass is 10.2. The minimum Gasteiger partial charge on any atom is -0.494 e. The average Bonchev–Trinajstić information content (AvgIpc) is 2.47. The third-order valence-electron chi connectivity index (χ3n) is 2.80. The Morgan fingerprint density at radius 3 is 1.92 bits per heavy atom. The molecule has 0 aromatic heterocycles. The molecule has 0 aliphatic rings. The second kappa shape index (κ2) is 17.6. The normalized spacial score (nSPS) is 8.21. The molecule has 0 bridgehead atoms. The Balaban J connectivity index is -0.000000400. The number of hydrogen-bond acceptors (Lipinski definition) is 2. The van der Waals surface area contributed by atoms with Crippen molar-refractivity contribution in [3.8, 4) is 5.75 Å². The van der Waals surface area contributed by atoms with E-state index in [9.17, 15) is 0 Å². The highest BCUT2D eigenvalue weighted by Gasteiger charge is 1.97. The van der Waals surface area contributed by atoms with Crippen LogP contribution >= 0.6 is 11.8 Å². The largest absolute Gasteiger partial charge is 0.494 e. The predicted octanol–water partition coefficient (Wildman–Crippen LogP) is 5.57. The molecule has 24 heavy (non-hydrogen) atoms. The van der Waals surface area contributed by atoms with Gasteiger partial charge in [0, 0.05) is 10.6 Å². The smallest absolute Gasteiger partial charge is 0.119 e. The van der Waals surface area contributed by atoms with Gasteiger partial charge in [-0.25, -0.2) is 0 Å². The molecule has 0 aliphatic heterocycles. The minimum absolute atomic E-state index is 0. The molecule has 2 aromatic carbocycles. The Kier molecular flexibility index (Phi) is 22.1. The fourth-order valence-electron chi connectivity index (χ4n) is 1.78. The zero-order valence-corrected chi connectivity index (χ0v) is 14.2. The van der Waals surface area contributed by atoms with Gasteiger partial charge in [0.15, 0.2) is 0 Å². The van der Waals surface area contributed by atoms with Crippen molar-refractivity contribution in [1.29, 1.82) is 0 Å². The molecule has 0 fully saturated rings. The quantitative estimate of drug-likeness (QED) is 0.464. The van der Waals surface area contributed by atoms with Gasteiger partial charge in [-0.05, 0) is 42.7 Å². The SMILES string of the molecule is CCCOc1ccc(CCSc2ccccc2)cc1.F.F.F.F.F. The first-order valence-electron chi connectivity index (χ1n) is 6.78. The summed E-state index contributed by atoms with van der Waals surface area (Å²) in [5, 5.41) is 0. The molecular weight excluding hydrogens is 347 g/mol. The second-order valence-electron chi connectivity index (χ2n) is 4.40. The summed E-state index contributed by atoms with van der Waals surface area (Å²) in [6.45, 7) is 2.92. The molecule has 7 heteroatoms. The van der Waals surface area contributed by atoms with E-state index in [4.69, 9.17) is 4.74 Å². The first-order chi connectivity index (χ1) is 9.38. The topological polar surface area (TPSA) is 9.23 Å².